The third kappa shape index (κ3) is 2.71. The maximum Gasteiger partial charge on any atom is 0.0547 e. The Hall–Kier alpha value is -0.0800. The molecule has 2 heteroatoms. The minimum atomic E-state index is 0.591. The number of hydrogen-bond donors (Lipinski definition) is 0. The Balaban J connectivity index is 0.000000461. The summed E-state index contributed by atoms with van der Waals surface area (Å²) in [5.41, 5.74) is 0.591. The van der Waals surface area contributed by atoms with Gasteiger partial charge in [-0.1, -0.05) is 27.2 Å². The lowest BCUT2D eigenvalue weighted by atomic mass is 9.79. The molecular weight excluding hydrogens is 174 g/mol. The van der Waals surface area contributed by atoms with Crippen molar-refractivity contribution in [2.24, 2.45) is 5.41 Å². The van der Waals surface area contributed by atoms with Crippen molar-refractivity contribution in [3.8, 4) is 0 Å². The minimum Gasteiger partial charge on any atom is -0.381 e. The Morgan fingerprint density at radius 2 is 2.00 bits per heavy atom. The molecule has 0 N–H and O–H groups in total. The van der Waals surface area contributed by atoms with Gasteiger partial charge in [-0.2, -0.15) is 0 Å². The van der Waals surface area contributed by atoms with Crippen molar-refractivity contribution < 1.29 is 4.74 Å². The van der Waals surface area contributed by atoms with Crippen molar-refractivity contribution in [3.63, 3.8) is 0 Å². The molecule has 0 aromatic heterocycles. The summed E-state index contributed by atoms with van der Waals surface area (Å²) in [6.45, 7) is 12.2. The van der Waals surface area contributed by atoms with Crippen molar-refractivity contribution in [1.82, 2.24) is 4.90 Å². The summed E-state index contributed by atoms with van der Waals surface area (Å²) >= 11 is 0. The molecule has 2 fully saturated rings. The van der Waals surface area contributed by atoms with Crippen molar-refractivity contribution in [1.29, 1.82) is 0 Å². The van der Waals surface area contributed by atoms with E-state index in [9.17, 15) is 0 Å². The highest BCUT2D eigenvalue weighted by Crippen LogP contribution is 2.37. The first-order valence-electron chi connectivity index (χ1n) is 6.15. The van der Waals surface area contributed by atoms with Crippen LogP contribution in [0.25, 0.3) is 0 Å². The maximum atomic E-state index is 5.43. The van der Waals surface area contributed by atoms with Crippen LogP contribution in [0.15, 0.2) is 0 Å². The molecule has 0 bridgehead atoms. The van der Waals surface area contributed by atoms with E-state index in [1.165, 1.54) is 38.9 Å². The van der Waals surface area contributed by atoms with Gasteiger partial charge < -0.3 is 9.64 Å². The van der Waals surface area contributed by atoms with Gasteiger partial charge in [0.05, 0.1) is 6.61 Å². The summed E-state index contributed by atoms with van der Waals surface area (Å²) in [5.74, 6) is 0. The Labute approximate surface area is 88.6 Å². The predicted molar refractivity (Wildman–Crippen MR) is 60.6 cm³/mol. The van der Waals surface area contributed by atoms with E-state index in [2.05, 4.69) is 11.8 Å². The number of rotatable bonds is 3. The topological polar surface area (TPSA) is 12.5 Å². The number of nitrogens with zero attached hydrogens (tertiary/aromatic N) is 1. The summed E-state index contributed by atoms with van der Waals surface area (Å²) < 4.78 is 5.43. The fourth-order valence-corrected chi connectivity index (χ4v) is 2.34. The molecule has 0 saturated carbocycles. The number of hydrogen-bond acceptors (Lipinski definition) is 2. The highest BCUT2D eigenvalue weighted by molar-refractivity contribution is 4.96. The number of unbranched alkanes of at least 4 members (excludes halogenated alkanes) is 1. The molecule has 0 aliphatic carbocycles. The third-order valence-corrected chi connectivity index (χ3v) is 3.13. The second kappa shape index (κ2) is 5.72. The zero-order valence-electron chi connectivity index (χ0n) is 10.0. The molecular formula is C12H25NO. The van der Waals surface area contributed by atoms with Crippen LogP contribution in [0, 0.1) is 5.41 Å². The monoisotopic (exact) mass is 199 g/mol. The van der Waals surface area contributed by atoms with E-state index in [-0.39, 0.29) is 0 Å². The van der Waals surface area contributed by atoms with Gasteiger partial charge >= 0.3 is 0 Å². The van der Waals surface area contributed by atoms with Crippen LogP contribution in [-0.4, -0.2) is 37.7 Å². The Morgan fingerprint density at radius 1 is 1.29 bits per heavy atom. The van der Waals surface area contributed by atoms with Crippen LogP contribution in [0.1, 0.15) is 40.0 Å². The normalized spacial score (nSPS) is 24.2. The first-order valence-corrected chi connectivity index (χ1v) is 6.15. The van der Waals surface area contributed by atoms with Crippen LogP contribution in [0.3, 0.4) is 0 Å². The minimum absolute atomic E-state index is 0.591. The molecule has 2 rings (SSSR count). The van der Waals surface area contributed by atoms with Crippen LogP contribution in [0.2, 0.25) is 0 Å². The van der Waals surface area contributed by atoms with Gasteiger partial charge in [0.1, 0.15) is 0 Å². The van der Waals surface area contributed by atoms with Crippen LogP contribution in [-0.2, 0) is 4.74 Å². The van der Waals surface area contributed by atoms with Gasteiger partial charge in [-0.25, -0.2) is 0 Å². The molecule has 2 heterocycles. The van der Waals surface area contributed by atoms with Gasteiger partial charge in [0.15, 0.2) is 0 Å². The summed E-state index contributed by atoms with van der Waals surface area (Å²) in [6.07, 6.45) is 3.98. The van der Waals surface area contributed by atoms with Gasteiger partial charge in [0, 0.05) is 25.1 Å². The lowest BCUT2D eigenvalue weighted by Gasteiger charge is -2.47. The molecule has 0 radical (unpaired) electrons. The van der Waals surface area contributed by atoms with Crippen LogP contribution in [0.4, 0.5) is 0 Å². The lowest BCUT2D eigenvalue weighted by molar-refractivity contribution is -0.00717. The van der Waals surface area contributed by atoms with Crippen molar-refractivity contribution in [3.05, 3.63) is 0 Å². The van der Waals surface area contributed by atoms with E-state index < -0.39 is 0 Å². The molecule has 2 saturated heterocycles. The van der Waals surface area contributed by atoms with Gasteiger partial charge in [-0.3, -0.25) is 0 Å². The fraction of sp³-hybridized carbons (Fsp3) is 1.00. The van der Waals surface area contributed by atoms with E-state index in [0.29, 0.717) is 5.41 Å². The third-order valence-electron chi connectivity index (χ3n) is 3.13. The molecule has 0 atom stereocenters. The molecule has 0 aromatic carbocycles. The average Bonchev–Trinajstić information content (AvgIpc) is 2.65. The predicted octanol–water partition coefficient (Wildman–Crippen LogP) is 2.54. The molecule has 0 aromatic rings. The highest BCUT2D eigenvalue weighted by Gasteiger charge is 2.44. The van der Waals surface area contributed by atoms with E-state index in [1.807, 2.05) is 13.8 Å². The number of likely N-dealkylation sites (tertiary alicyclic amines) is 1. The quantitative estimate of drug-likeness (QED) is 0.692. The first-order chi connectivity index (χ1) is 6.85. The van der Waals surface area contributed by atoms with E-state index in [1.54, 1.807) is 0 Å². The molecule has 84 valence electrons. The molecule has 2 nitrogen and oxygen atoms in total. The van der Waals surface area contributed by atoms with Gasteiger partial charge in [-0.15, -0.1) is 0 Å². The van der Waals surface area contributed by atoms with Crippen LogP contribution in [0.5, 0.6) is 0 Å². The van der Waals surface area contributed by atoms with E-state index in [4.69, 9.17) is 4.74 Å². The second-order valence-electron chi connectivity index (χ2n) is 4.37. The molecule has 2 aliphatic heterocycles. The maximum absolute atomic E-state index is 5.43. The fourth-order valence-electron chi connectivity index (χ4n) is 2.34. The van der Waals surface area contributed by atoms with Crippen molar-refractivity contribution >= 4 is 0 Å². The van der Waals surface area contributed by atoms with Gasteiger partial charge in [0.2, 0.25) is 0 Å². The zero-order chi connectivity index (χ0) is 10.4. The van der Waals surface area contributed by atoms with Gasteiger partial charge in [0.25, 0.3) is 0 Å². The van der Waals surface area contributed by atoms with Gasteiger partial charge in [-0.05, 0) is 19.4 Å². The highest BCUT2D eigenvalue weighted by atomic mass is 16.5. The Bertz CT molecular complexity index is 144. The molecule has 1 spiro atoms. The molecule has 0 unspecified atom stereocenters. The second-order valence-corrected chi connectivity index (χ2v) is 4.37. The summed E-state index contributed by atoms with van der Waals surface area (Å²) in [5, 5.41) is 0. The van der Waals surface area contributed by atoms with E-state index >= 15 is 0 Å². The summed E-state index contributed by atoms with van der Waals surface area (Å²) in [7, 11) is 0. The van der Waals surface area contributed by atoms with Crippen LogP contribution >= 0.6 is 0 Å². The zero-order valence-corrected chi connectivity index (χ0v) is 10.0. The molecule has 2 aliphatic rings. The molecule has 14 heavy (non-hydrogen) atoms. The largest absolute Gasteiger partial charge is 0.381 e. The SMILES string of the molecule is CC.CCCCN1CC2(CCOC2)C1. The van der Waals surface area contributed by atoms with Crippen molar-refractivity contribution in [2.75, 3.05) is 32.8 Å². The number of ether oxygens (including phenoxy) is 1. The first kappa shape index (κ1) is 12.0. The van der Waals surface area contributed by atoms with Crippen molar-refractivity contribution in [2.45, 2.75) is 40.0 Å². The summed E-state index contributed by atoms with van der Waals surface area (Å²) in [4.78, 5) is 2.57. The standard InChI is InChI=1S/C10H19NO.C2H6/c1-2-3-5-11-7-10(8-11)4-6-12-9-10;1-2/h2-9H2,1H3;1-2H3. The van der Waals surface area contributed by atoms with E-state index in [0.717, 1.165) is 13.2 Å². The Kier molecular flexibility index (Phi) is 4.90. The summed E-state index contributed by atoms with van der Waals surface area (Å²) in [6, 6.07) is 0. The smallest absolute Gasteiger partial charge is 0.0547 e. The van der Waals surface area contributed by atoms with Crippen LogP contribution < -0.4 is 0 Å². The molecule has 0 amide bonds. The average molecular weight is 199 g/mol. The Morgan fingerprint density at radius 3 is 2.50 bits per heavy atom. The lowest BCUT2D eigenvalue weighted by Crippen LogP contribution is -2.56.